The number of hydrogen-bond donors (Lipinski definition) is 0. The molecule has 3 aromatic rings. The first-order chi connectivity index (χ1) is 17.0. The van der Waals surface area contributed by atoms with Gasteiger partial charge in [-0.1, -0.05) is 42.5 Å². The summed E-state index contributed by atoms with van der Waals surface area (Å²) in [6, 6.07) is 4.42. The fourth-order valence-corrected chi connectivity index (χ4v) is 6.13. The van der Waals surface area contributed by atoms with Crippen LogP contribution in [0.3, 0.4) is 0 Å². The van der Waals surface area contributed by atoms with Crippen molar-refractivity contribution in [3.63, 3.8) is 0 Å². The van der Waals surface area contributed by atoms with Gasteiger partial charge in [-0.2, -0.15) is 13.2 Å². The minimum absolute atomic E-state index is 0.109. The topological polar surface area (TPSA) is 37.6 Å². The average molecular weight is 538 g/mol. The molecular formula is C27H28Cl2F3N3O. The molecule has 0 bridgehead atoms. The molecule has 4 nitrogen and oxygen atoms in total. The van der Waals surface area contributed by atoms with Gasteiger partial charge in [-0.05, 0) is 67.9 Å². The number of likely N-dealkylation sites (tertiary alicyclic amines) is 1. The quantitative estimate of drug-likeness (QED) is 0.345. The molecule has 2 fully saturated rings. The van der Waals surface area contributed by atoms with Crippen molar-refractivity contribution in [2.45, 2.75) is 58.5 Å². The number of carbonyl (C=O) groups excluding carboxylic acids is 1. The molecule has 1 aliphatic heterocycles. The van der Waals surface area contributed by atoms with Crippen molar-refractivity contribution < 1.29 is 18.0 Å². The van der Waals surface area contributed by atoms with Crippen LogP contribution in [0.1, 0.15) is 70.5 Å². The number of hydrogen-bond acceptors (Lipinski definition) is 2. The number of benzene rings is 1. The number of alkyl halides is 3. The molecule has 0 N–H and O–H groups in total. The van der Waals surface area contributed by atoms with Gasteiger partial charge in [0.15, 0.2) is 0 Å². The number of pyridine rings is 1. The molecule has 9 heteroatoms. The summed E-state index contributed by atoms with van der Waals surface area (Å²) in [4.78, 5) is 19.8. The Labute approximate surface area is 218 Å². The van der Waals surface area contributed by atoms with E-state index >= 15 is 0 Å². The number of carbonyl (C=O) groups is 1. The number of rotatable bonds is 4. The van der Waals surface area contributed by atoms with Gasteiger partial charge in [0.05, 0.1) is 21.8 Å². The van der Waals surface area contributed by atoms with Crippen molar-refractivity contribution in [3.05, 3.63) is 68.1 Å². The van der Waals surface area contributed by atoms with E-state index in [4.69, 9.17) is 23.2 Å². The van der Waals surface area contributed by atoms with Crippen molar-refractivity contribution in [3.8, 4) is 0 Å². The zero-order valence-corrected chi connectivity index (χ0v) is 21.8. The van der Waals surface area contributed by atoms with E-state index < -0.39 is 11.7 Å². The summed E-state index contributed by atoms with van der Waals surface area (Å²) < 4.78 is 41.5. The summed E-state index contributed by atoms with van der Waals surface area (Å²) in [6.45, 7) is 4.77. The second-order valence-electron chi connectivity index (χ2n) is 10.1. The third-order valence-corrected chi connectivity index (χ3v) is 8.76. The van der Waals surface area contributed by atoms with Crippen LogP contribution in [0.25, 0.3) is 5.65 Å². The number of nitrogens with zero attached hydrogens (tertiary/aromatic N) is 3. The number of halogens is 5. The predicted octanol–water partition coefficient (Wildman–Crippen LogP) is 7.52. The first-order valence-electron chi connectivity index (χ1n) is 12.4. The first kappa shape index (κ1) is 25.4. The highest BCUT2D eigenvalue weighted by molar-refractivity contribution is 6.38. The van der Waals surface area contributed by atoms with Crippen molar-refractivity contribution in [2.75, 3.05) is 13.1 Å². The average Bonchev–Trinajstić information content (AvgIpc) is 3.11. The van der Waals surface area contributed by atoms with Crippen molar-refractivity contribution in [2.24, 2.45) is 11.8 Å². The molecule has 5 rings (SSSR count). The molecule has 0 unspecified atom stereocenters. The molecule has 0 atom stereocenters. The summed E-state index contributed by atoms with van der Waals surface area (Å²) in [7, 11) is 0. The molecule has 1 aromatic carbocycles. The fourth-order valence-electron chi connectivity index (χ4n) is 5.54. The zero-order valence-electron chi connectivity index (χ0n) is 20.3. The molecule has 1 amide bonds. The van der Waals surface area contributed by atoms with Crippen molar-refractivity contribution in [1.29, 1.82) is 0 Å². The summed E-state index contributed by atoms with van der Waals surface area (Å²) in [5, 5.41) is 0.669. The Morgan fingerprint density at radius 1 is 1.08 bits per heavy atom. The van der Waals surface area contributed by atoms with Crippen LogP contribution in [-0.4, -0.2) is 33.3 Å². The molecule has 0 radical (unpaired) electrons. The van der Waals surface area contributed by atoms with Crippen LogP contribution in [0, 0.1) is 25.7 Å². The lowest BCUT2D eigenvalue weighted by molar-refractivity contribution is -0.137. The summed E-state index contributed by atoms with van der Waals surface area (Å²) in [6.07, 6.45) is 2.80. The molecule has 0 spiro atoms. The van der Waals surface area contributed by atoms with E-state index in [0.29, 0.717) is 44.7 Å². The van der Waals surface area contributed by atoms with Gasteiger partial charge >= 0.3 is 6.18 Å². The Morgan fingerprint density at radius 2 is 1.75 bits per heavy atom. The number of aryl methyl sites for hydroxylation is 2. The summed E-state index contributed by atoms with van der Waals surface area (Å²) >= 11 is 13.2. The summed E-state index contributed by atoms with van der Waals surface area (Å²) in [5.41, 5.74) is 2.22. The van der Waals surface area contributed by atoms with Crippen LogP contribution in [0.5, 0.6) is 0 Å². The van der Waals surface area contributed by atoms with E-state index in [0.717, 1.165) is 44.1 Å². The summed E-state index contributed by atoms with van der Waals surface area (Å²) in [5.74, 6) is 1.42. The van der Waals surface area contributed by atoms with Crippen LogP contribution >= 0.6 is 23.2 Å². The molecule has 1 aliphatic carbocycles. The second kappa shape index (κ2) is 9.56. The minimum Gasteiger partial charge on any atom is -0.339 e. The van der Waals surface area contributed by atoms with E-state index in [2.05, 4.69) is 4.98 Å². The smallest absolute Gasteiger partial charge is 0.339 e. The molecular weight excluding hydrogens is 510 g/mol. The maximum absolute atomic E-state index is 13.4. The highest BCUT2D eigenvalue weighted by Gasteiger charge is 2.33. The largest absolute Gasteiger partial charge is 0.417 e. The molecule has 192 valence electrons. The van der Waals surface area contributed by atoms with Crippen molar-refractivity contribution >= 4 is 34.8 Å². The zero-order chi connectivity index (χ0) is 25.8. The lowest BCUT2D eigenvalue weighted by Crippen LogP contribution is -2.41. The van der Waals surface area contributed by atoms with Gasteiger partial charge in [0.25, 0.3) is 5.91 Å². The Hall–Kier alpha value is -2.25. The maximum atomic E-state index is 13.4. The lowest BCUT2D eigenvalue weighted by atomic mass is 9.72. The molecule has 1 saturated heterocycles. The van der Waals surface area contributed by atoms with Crippen LogP contribution in [0.2, 0.25) is 10.0 Å². The molecule has 1 saturated carbocycles. The maximum Gasteiger partial charge on any atom is 0.417 e. The number of piperidine rings is 1. The molecule has 2 aliphatic rings. The van der Waals surface area contributed by atoms with Gasteiger partial charge in [0, 0.05) is 36.4 Å². The third kappa shape index (κ3) is 4.60. The Balaban J connectivity index is 1.41. The predicted molar refractivity (Wildman–Crippen MR) is 135 cm³/mol. The van der Waals surface area contributed by atoms with Gasteiger partial charge in [0.1, 0.15) is 5.65 Å². The molecule has 36 heavy (non-hydrogen) atoms. The number of amides is 1. The second-order valence-corrected chi connectivity index (χ2v) is 10.9. The minimum atomic E-state index is -4.45. The Morgan fingerprint density at radius 3 is 2.36 bits per heavy atom. The fraction of sp³-hybridized carbons (Fsp3) is 0.481. The van der Waals surface area contributed by atoms with E-state index in [9.17, 15) is 18.0 Å². The van der Waals surface area contributed by atoms with Crippen LogP contribution in [0.15, 0.2) is 24.4 Å². The number of aromatic nitrogens is 2. The standard InChI is InChI=1S/C27H28Cl2F3N3O/c1-15-12-19(27(30,31)32)14-35-16(2)23(33-25(15)35)13-21-22(28)7-6-20(24(21)29)26(36)34-10-8-18(9-11-34)17-4-3-5-17/h6-7,12,14,17-18H,3-5,8-11,13H2,1-2H3. The van der Waals surface area contributed by atoms with E-state index in [1.165, 1.54) is 23.7 Å². The Bertz CT molecular complexity index is 1320. The first-order valence-corrected chi connectivity index (χ1v) is 13.1. The van der Waals surface area contributed by atoms with Gasteiger partial charge in [-0.15, -0.1) is 0 Å². The number of fused-ring (bicyclic) bond motifs is 1. The third-order valence-electron chi connectivity index (χ3n) is 7.97. The van der Waals surface area contributed by atoms with E-state index in [-0.39, 0.29) is 17.4 Å². The molecule has 2 aromatic heterocycles. The van der Waals surface area contributed by atoms with Gasteiger partial charge in [-0.3, -0.25) is 4.79 Å². The monoisotopic (exact) mass is 537 g/mol. The van der Waals surface area contributed by atoms with Crippen molar-refractivity contribution in [1.82, 2.24) is 14.3 Å². The van der Waals surface area contributed by atoms with Gasteiger partial charge < -0.3 is 9.30 Å². The van der Waals surface area contributed by atoms with E-state index in [1.54, 1.807) is 26.0 Å². The number of imidazole rings is 1. The lowest BCUT2D eigenvalue weighted by Gasteiger charge is -2.40. The molecule has 3 heterocycles. The van der Waals surface area contributed by atoms with Crippen LogP contribution in [-0.2, 0) is 12.6 Å². The van der Waals surface area contributed by atoms with E-state index in [1.807, 2.05) is 4.90 Å². The van der Waals surface area contributed by atoms with Crippen LogP contribution in [0.4, 0.5) is 13.2 Å². The Kier molecular flexibility index (Phi) is 6.75. The normalized spacial score (nSPS) is 17.6. The van der Waals surface area contributed by atoms with Gasteiger partial charge in [0.2, 0.25) is 0 Å². The highest BCUT2D eigenvalue weighted by Crippen LogP contribution is 2.39. The highest BCUT2D eigenvalue weighted by atomic mass is 35.5. The van der Waals surface area contributed by atoms with Crippen LogP contribution < -0.4 is 0 Å². The SMILES string of the molecule is Cc1cc(C(F)(F)F)cn2c(C)c(Cc3c(Cl)ccc(C(=O)N4CCC(C5CCC5)CC4)c3Cl)nc12. The van der Waals surface area contributed by atoms with Gasteiger partial charge in [-0.25, -0.2) is 4.98 Å².